The molecule has 0 spiro atoms. The molecule has 5 heteroatoms. The number of carbonyl (C=O) groups excluding carboxylic acids is 2. The van der Waals surface area contributed by atoms with Gasteiger partial charge < -0.3 is 10.2 Å². The van der Waals surface area contributed by atoms with E-state index in [2.05, 4.69) is 5.32 Å². The molecule has 0 unspecified atom stereocenters. The molecule has 108 valence electrons. The van der Waals surface area contributed by atoms with Gasteiger partial charge in [0, 0.05) is 19.5 Å². The predicted molar refractivity (Wildman–Crippen MR) is 73.5 cm³/mol. The van der Waals surface area contributed by atoms with Crippen LogP contribution in [0.4, 0.5) is 4.39 Å². The largest absolute Gasteiger partial charge is 0.342 e. The Morgan fingerprint density at radius 2 is 2.00 bits per heavy atom. The Labute approximate surface area is 118 Å². The summed E-state index contributed by atoms with van der Waals surface area (Å²) in [5.74, 6) is -0.514. The number of amides is 2. The van der Waals surface area contributed by atoms with Gasteiger partial charge in [0.05, 0.1) is 0 Å². The zero-order chi connectivity index (χ0) is 14.8. The molecule has 20 heavy (non-hydrogen) atoms. The molecule has 0 aliphatic carbocycles. The first-order chi connectivity index (χ1) is 9.40. The average Bonchev–Trinajstić information content (AvgIpc) is 2.47. The van der Waals surface area contributed by atoms with Crippen molar-refractivity contribution in [2.45, 2.75) is 32.2 Å². The van der Waals surface area contributed by atoms with Crippen molar-refractivity contribution in [3.8, 4) is 0 Å². The Morgan fingerprint density at radius 1 is 1.30 bits per heavy atom. The van der Waals surface area contributed by atoms with Crippen LogP contribution in [0.15, 0.2) is 24.3 Å². The zero-order valence-electron chi connectivity index (χ0n) is 11.8. The molecule has 2 amide bonds. The van der Waals surface area contributed by atoms with Crippen LogP contribution in [-0.4, -0.2) is 35.3 Å². The van der Waals surface area contributed by atoms with Crippen molar-refractivity contribution in [1.82, 2.24) is 10.2 Å². The Balaban J connectivity index is 2.07. The second kappa shape index (κ2) is 5.61. The highest BCUT2D eigenvalue weighted by Gasteiger charge is 2.36. The monoisotopic (exact) mass is 278 g/mol. The van der Waals surface area contributed by atoms with Crippen molar-refractivity contribution >= 4 is 11.8 Å². The summed E-state index contributed by atoms with van der Waals surface area (Å²) in [4.78, 5) is 25.5. The summed E-state index contributed by atoms with van der Waals surface area (Å²) in [7, 11) is 0. The van der Waals surface area contributed by atoms with Crippen LogP contribution in [-0.2, 0) is 16.0 Å². The average molecular weight is 278 g/mol. The lowest BCUT2D eigenvalue weighted by Gasteiger charge is -2.28. The smallest absolute Gasteiger partial charge is 0.247 e. The third-order valence-corrected chi connectivity index (χ3v) is 3.49. The van der Waals surface area contributed by atoms with Gasteiger partial charge in [-0.1, -0.05) is 18.2 Å². The number of carbonyl (C=O) groups is 2. The van der Waals surface area contributed by atoms with Crippen molar-refractivity contribution in [3.63, 3.8) is 0 Å². The summed E-state index contributed by atoms with van der Waals surface area (Å²) in [6.07, 6.45) is 0.731. The third kappa shape index (κ3) is 3.15. The molecule has 2 rings (SSSR count). The Hall–Kier alpha value is -1.91. The van der Waals surface area contributed by atoms with Gasteiger partial charge in [-0.2, -0.15) is 0 Å². The topological polar surface area (TPSA) is 49.4 Å². The quantitative estimate of drug-likeness (QED) is 0.911. The highest BCUT2D eigenvalue weighted by molar-refractivity contribution is 5.92. The lowest BCUT2D eigenvalue weighted by atomic mass is 10.0. The van der Waals surface area contributed by atoms with Crippen LogP contribution in [0.25, 0.3) is 0 Å². The van der Waals surface area contributed by atoms with Crippen molar-refractivity contribution in [3.05, 3.63) is 35.6 Å². The van der Waals surface area contributed by atoms with Gasteiger partial charge in [0.15, 0.2) is 0 Å². The maximum atomic E-state index is 13.6. The van der Waals surface area contributed by atoms with Crippen molar-refractivity contribution in [2.75, 3.05) is 13.1 Å². The molecule has 1 N–H and O–H groups in total. The SMILES string of the molecule is CC1(C)NC(=O)CCN(CCc2ccccc2F)C1=O. The first kappa shape index (κ1) is 14.5. The summed E-state index contributed by atoms with van der Waals surface area (Å²) in [6, 6.07) is 6.54. The first-order valence-electron chi connectivity index (χ1n) is 6.74. The fraction of sp³-hybridized carbons (Fsp3) is 0.467. The maximum Gasteiger partial charge on any atom is 0.247 e. The van der Waals surface area contributed by atoms with Gasteiger partial charge in [0.1, 0.15) is 11.4 Å². The van der Waals surface area contributed by atoms with Crippen molar-refractivity contribution in [1.29, 1.82) is 0 Å². The van der Waals surface area contributed by atoms with E-state index in [4.69, 9.17) is 0 Å². The molecule has 1 saturated heterocycles. The van der Waals surface area contributed by atoms with E-state index in [-0.39, 0.29) is 24.1 Å². The van der Waals surface area contributed by atoms with Gasteiger partial charge in [-0.05, 0) is 31.9 Å². The highest BCUT2D eigenvalue weighted by atomic mass is 19.1. The van der Waals surface area contributed by atoms with E-state index in [1.165, 1.54) is 6.07 Å². The Bertz CT molecular complexity index is 528. The van der Waals surface area contributed by atoms with Crippen LogP contribution in [0.5, 0.6) is 0 Å². The van der Waals surface area contributed by atoms with Gasteiger partial charge in [-0.25, -0.2) is 4.39 Å². The molecule has 1 heterocycles. The molecule has 1 aromatic carbocycles. The fourth-order valence-corrected chi connectivity index (χ4v) is 2.37. The molecule has 1 fully saturated rings. The molecule has 1 aliphatic heterocycles. The third-order valence-electron chi connectivity index (χ3n) is 3.49. The molecule has 4 nitrogen and oxygen atoms in total. The Kier molecular flexibility index (Phi) is 4.06. The molecule has 0 bridgehead atoms. The minimum Gasteiger partial charge on any atom is -0.342 e. The minimum atomic E-state index is -0.900. The fourth-order valence-electron chi connectivity index (χ4n) is 2.37. The second-order valence-corrected chi connectivity index (χ2v) is 5.56. The number of hydrogen-bond acceptors (Lipinski definition) is 2. The lowest BCUT2D eigenvalue weighted by Crippen LogP contribution is -2.53. The van der Waals surface area contributed by atoms with Gasteiger partial charge >= 0.3 is 0 Å². The van der Waals surface area contributed by atoms with Crippen LogP contribution < -0.4 is 5.32 Å². The number of nitrogens with zero attached hydrogens (tertiary/aromatic N) is 1. The standard InChI is InChI=1S/C15H19FN2O2/c1-15(2)14(20)18(10-8-13(19)17-15)9-7-11-5-3-4-6-12(11)16/h3-6H,7-10H2,1-2H3,(H,17,19). The van der Waals surface area contributed by atoms with Gasteiger partial charge in [-0.15, -0.1) is 0 Å². The number of hydrogen-bond donors (Lipinski definition) is 1. The van der Waals surface area contributed by atoms with E-state index in [0.29, 0.717) is 25.1 Å². The lowest BCUT2D eigenvalue weighted by molar-refractivity contribution is -0.137. The molecule has 1 aromatic rings. The van der Waals surface area contributed by atoms with Crippen LogP contribution in [0, 0.1) is 5.82 Å². The summed E-state index contributed by atoms with van der Waals surface area (Å²) in [5, 5.41) is 2.70. The highest BCUT2D eigenvalue weighted by Crippen LogP contribution is 2.15. The molecule has 0 aromatic heterocycles. The van der Waals surface area contributed by atoms with Crippen LogP contribution in [0.3, 0.4) is 0 Å². The predicted octanol–water partition coefficient (Wildman–Crippen LogP) is 1.50. The summed E-state index contributed by atoms with van der Waals surface area (Å²) in [5.41, 5.74) is -0.315. The van der Waals surface area contributed by atoms with Crippen molar-refractivity contribution < 1.29 is 14.0 Å². The Morgan fingerprint density at radius 3 is 2.70 bits per heavy atom. The number of nitrogens with one attached hydrogen (secondary N) is 1. The summed E-state index contributed by atoms with van der Waals surface area (Å²) < 4.78 is 13.6. The molecular weight excluding hydrogens is 259 g/mol. The first-order valence-corrected chi connectivity index (χ1v) is 6.74. The molecule has 1 aliphatic rings. The van der Waals surface area contributed by atoms with Crippen LogP contribution in [0.1, 0.15) is 25.8 Å². The van der Waals surface area contributed by atoms with Crippen molar-refractivity contribution in [2.24, 2.45) is 0 Å². The van der Waals surface area contributed by atoms with E-state index in [9.17, 15) is 14.0 Å². The number of benzene rings is 1. The molecule has 0 saturated carbocycles. The van der Waals surface area contributed by atoms with Crippen LogP contribution >= 0.6 is 0 Å². The second-order valence-electron chi connectivity index (χ2n) is 5.56. The summed E-state index contributed by atoms with van der Waals surface area (Å²) in [6.45, 7) is 4.17. The van der Waals surface area contributed by atoms with Crippen LogP contribution in [0.2, 0.25) is 0 Å². The molecule has 0 radical (unpaired) electrons. The van der Waals surface area contributed by atoms with E-state index in [0.717, 1.165) is 0 Å². The van der Waals surface area contributed by atoms with E-state index < -0.39 is 5.54 Å². The minimum absolute atomic E-state index is 0.125. The van der Waals surface area contributed by atoms with Gasteiger partial charge in [0.2, 0.25) is 11.8 Å². The zero-order valence-corrected chi connectivity index (χ0v) is 11.8. The van der Waals surface area contributed by atoms with E-state index in [1.54, 1.807) is 36.9 Å². The molecule has 0 atom stereocenters. The number of rotatable bonds is 3. The normalized spacial score (nSPS) is 18.6. The van der Waals surface area contributed by atoms with E-state index in [1.807, 2.05) is 0 Å². The van der Waals surface area contributed by atoms with E-state index >= 15 is 0 Å². The van der Waals surface area contributed by atoms with Gasteiger partial charge in [0.25, 0.3) is 0 Å². The maximum absolute atomic E-state index is 13.6. The summed E-state index contributed by atoms with van der Waals surface area (Å²) >= 11 is 0. The molecular formula is C15H19FN2O2. The van der Waals surface area contributed by atoms with Gasteiger partial charge in [-0.3, -0.25) is 9.59 Å². The number of halogens is 1.